The van der Waals surface area contributed by atoms with Gasteiger partial charge in [0, 0.05) is 18.2 Å². The molecule has 0 spiro atoms. The van der Waals surface area contributed by atoms with Gasteiger partial charge in [0.15, 0.2) is 0 Å². The number of aryl methyl sites for hydroxylation is 2. The average molecular weight is 239 g/mol. The monoisotopic (exact) mass is 239 g/mol. The van der Waals surface area contributed by atoms with Crippen molar-refractivity contribution in [3.63, 3.8) is 0 Å². The van der Waals surface area contributed by atoms with Crippen LogP contribution in [0.4, 0.5) is 0 Å². The van der Waals surface area contributed by atoms with Crippen LogP contribution < -0.4 is 0 Å². The Labute approximate surface area is 108 Å². The van der Waals surface area contributed by atoms with Gasteiger partial charge in [-0.25, -0.2) is 0 Å². The van der Waals surface area contributed by atoms with Crippen LogP contribution in [0.25, 0.3) is 11.3 Å². The molecule has 2 aromatic rings. The van der Waals surface area contributed by atoms with Crippen molar-refractivity contribution in [3.05, 3.63) is 53.7 Å². The van der Waals surface area contributed by atoms with Crippen molar-refractivity contribution in [2.45, 2.75) is 26.7 Å². The Balaban J connectivity index is 2.39. The van der Waals surface area contributed by atoms with Gasteiger partial charge in [0.25, 0.3) is 0 Å². The SMILES string of the molecule is CC(=O)CCc1ccccc1-c1ncccc1C. The van der Waals surface area contributed by atoms with Gasteiger partial charge in [-0.2, -0.15) is 0 Å². The minimum Gasteiger partial charge on any atom is -0.300 e. The van der Waals surface area contributed by atoms with Crippen LogP contribution in [0.3, 0.4) is 0 Å². The molecule has 2 heteroatoms. The van der Waals surface area contributed by atoms with Gasteiger partial charge in [0.2, 0.25) is 0 Å². The van der Waals surface area contributed by atoms with Gasteiger partial charge >= 0.3 is 0 Å². The Morgan fingerprint density at radius 2 is 1.94 bits per heavy atom. The molecule has 1 aromatic heterocycles. The fourth-order valence-corrected chi connectivity index (χ4v) is 2.05. The highest BCUT2D eigenvalue weighted by Gasteiger charge is 2.08. The highest BCUT2D eigenvalue weighted by Crippen LogP contribution is 2.25. The molecule has 0 aliphatic carbocycles. The average Bonchev–Trinajstić information content (AvgIpc) is 2.37. The zero-order chi connectivity index (χ0) is 13.0. The van der Waals surface area contributed by atoms with Crippen LogP contribution in [0.5, 0.6) is 0 Å². The summed E-state index contributed by atoms with van der Waals surface area (Å²) in [6, 6.07) is 12.2. The van der Waals surface area contributed by atoms with Gasteiger partial charge in [-0.15, -0.1) is 0 Å². The van der Waals surface area contributed by atoms with E-state index in [1.54, 1.807) is 6.92 Å². The molecule has 0 aliphatic rings. The van der Waals surface area contributed by atoms with Gasteiger partial charge < -0.3 is 4.79 Å². The maximum absolute atomic E-state index is 11.1. The summed E-state index contributed by atoms with van der Waals surface area (Å²) < 4.78 is 0. The summed E-state index contributed by atoms with van der Waals surface area (Å²) in [4.78, 5) is 15.6. The summed E-state index contributed by atoms with van der Waals surface area (Å²) in [6.07, 6.45) is 3.18. The van der Waals surface area contributed by atoms with E-state index in [2.05, 4.69) is 30.1 Å². The van der Waals surface area contributed by atoms with Crippen molar-refractivity contribution < 1.29 is 4.79 Å². The molecule has 0 bridgehead atoms. The van der Waals surface area contributed by atoms with E-state index in [-0.39, 0.29) is 5.78 Å². The second kappa shape index (κ2) is 5.58. The number of pyridine rings is 1. The van der Waals surface area contributed by atoms with Crippen molar-refractivity contribution in [1.82, 2.24) is 4.98 Å². The molecule has 0 atom stereocenters. The molecule has 92 valence electrons. The molecule has 2 nitrogen and oxygen atoms in total. The summed E-state index contributed by atoms with van der Waals surface area (Å²) >= 11 is 0. The Bertz CT molecular complexity index is 561. The van der Waals surface area contributed by atoms with Crippen LogP contribution in [-0.4, -0.2) is 10.8 Å². The Hall–Kier alpha value is -1.96. The third-order valence-corrected chi connectivity index (χ3v) is 3.03. The summed E-state index contributed by atoms with van der Waals surface area (Å²) in [5.74, 6) is 0.225. The molecule has 2 rings (SSSR count). The lowest BCUT2D eigenvalue weighted by Gasteiger charge is -2.10. The Morgan fingerprint density at radius 1 is 1.17 bits per heavy atom. The minimum atomic E-state index is 0.225. The van der Waals surface area contributed by atoms with Crippen molar-refractivity contribution in [1.29, 1.82) is 0 Å². The van der Waals surface area contributed by atoms with E-state index in [9.17, 15) is 4.79 Å². The van der Waals surface area contributed by atoms with Gasteiger partial charge in [-0.3, -0.25) is 4.98 Å². The second-order valence-corrected chi connectivity index (χ2v) is 4.53. The molecule has 1 aromatic carbocycles. The first-order valence-corrected chi connectivity index (χ1v) is 6.18. The first-order valence-electron chi connectivity index (χ1n) is 6.18. The number of nitrogens with zero attached hydrogens (tertiary/aromatic N) is 1. The lowest BCUT2D eigenvalue weighted by Crippen LogP contribution is -1.98. The molecule has 18 heavy (non-hydrogen) atoms. The summed E-state index contributed by atoms with van der Waals surface area (Å²) in [7, 11) is 0. The minimum absolute atomic E-state index is 0.225. The summed E-state index contributed by atoms with van der Waals surface area (Å²) in [5, 5.41) is 0. The number of ketones is 1. The van der Waals surface area contributed by atoms with E-state index < -0.39 is 0 Å². The maximum Gasteiger partial charge on any atom is 0.130 e. The first-order chi connectivity index (χ1) is 8.68. The standard InChI is InChI=1S/C16H17NO/c1-12-6-5-11-17-16(12)15-8-4-3-7-14(15)10-9-13(2)18/h3-8,11H,9-10H2,1-2H3. The molecule has 1 heterocycles. The second-order valence-electron chi connectivity index (χ2n) is 4.53. The molecule has 0 amide bonds. The van der Waals surface area contributed by atoms with Crippen molar-refractivity contribution in [2.75, 3.05) is 0 Å². The maximum atomic E-state index is 11.1. The third kappa shape index (κ3) is 2.83. The molecule has 0 fully saturated rings. The van der Waals surface area contributed by atoms with E-state index in [4.69, 9.17) is 0 Å². The molecule has 0 saturated carbocycles. The smallest absolute Gasteiger partial charge is 0.130 e. The fraction of sp³-hybridized carbons (Fsp3) is 0.250. The van der Waals surface area contributed by atoms with Crippen LogP contribution in [0.2, 0.25) is 0 Å². The molecule has 0 unspecified atom stereocenters. The number of Topliss-reactive ketones (excluding diaryl/α,β-unsaturated/α-hetero) is 1. The number of aromatic nitrogens is 1. The van der Waals surface area contributed by atoms with E-state index in [0.29, 0.717) is 6.42 Å². The quantitative estimate of drug-likeness (QED) is 0.816. The predicted octanol–water partition coefficient (Wildman–Crippen LogP) is 3.58. The molecular formula is C16H17NO. The van der Waals surface area contributed by atoms with Crippen LogP contribution >= 0.6 is 0 Å². The van der Waals surface area contributed by atoms with E-state index >= 15 is 0 Å². The van der Waals surface area contributed by atoms with Crippen LogP contribution in [0.15, 0.2) is 42.6 Å². The largest absolute Gasteiger partial charge is 0.300 e. The van der Waals surface area contributed by atoms with Crippen LogP contribution in [0.1, 0.15) is 24.5 Å². The van der Waals surface area contributed by atoms with E-state index in [1.165, 1.54) is 5.56 Å². The topological polar surface area (TPSA) is 30.0 Å². The van der Waals surface area contributed by atoms with Crippen molar-refractivity contribution >= 4 is 5.78 Å². The normalized spacial score (nSPS) is 10.3. The highest BCUT2D eigenvalue weighted by atomic mass is 16.1. The molecule has 0 N–H and O–H groups in total. The zero-order valence-electron chi connectivity index (χ0n) is 10.8. The zero-order valence-corrected chi connectivity index (χ0v) is 10.8. The van der Waals surface area contributed by atoms with Gasteiger partial charge in [0.1, 0.15) is 5.78 Å². The molecule has 0 saturated heterocycles. The Kier molecular flexibility index (Phi) is 3.88. The number of benzene rings is 1. The molecule has 0 radical (unpaired) electrons. The summed E-state index contributed by atoms with van der Waals surface area (Å²) in [6.45, 7) is 3.69. The van der Waals surface area contributed by atoms with Gasteiger partial charge in [-0.05, 0) is 37.5 Å². The predicted molar refractivity (Wildman–Crippen MR) is 73.4 cm³/mol. The van der Waals surface area contributed by atoms with Gasteiger partial charge in [0.05, 0.1) is 5.69 Å². The number of hydrogen-bond donors (Lipinski definition) is 0. The number of carbonyl (C=O) groups excluding carboxylic acids is 1. The highest BCUT2D eigenvalue weighted by molar-refractivity contribution is 5.76. The van der Waals surface area contributed by atoms with Crippen molar-refractivity contribution in [3.8, 4) is 11.3 Å². The summed E-state index contributed by atoms with van der Waals surface area (Å²) in [5.41, 5.74) is 4.50. The van der Waals surface area contributed by atoms with Crippen LogP contribution in [0, 0.1) is 6.92 Å². The first kappa shape index (κ1) is 12.5. The molecule has 0 aliphatic heterocycles. The van der Waals surface area contributed by atoms with Crippen LogP contribution in [-0.2, 0) is 11.2 Å². The molecular weight excluding hydrogens is 222 g/mol. The lowest BCUT2D eigenvalue weighted by molar-refractivity contribution is -0.116. The Morgan fingerprint density at radius 3 is 2.67 bits per heavy atom. The number of hydrogen-bond acceptors (Lipinski definition) is 2. The number of carbonyl (C=O) groups is 1. The van der Waals surface area contributed by atoms with E-state index in [0.717, 1.165) is 23.2 Å². The fourth-order valence-electron chi connectivity index (χ4n) is 2.05. The van der Waals surface area contributed by atoms with Gasteiger partial charge in [-0.1, -0.05) is 30.3 Å². The van der Waals surface area contributed by atoms with Crippen molar-refractivity contribution in [2.24, 2.45) is 0 Å². The number of rotatable bonds is 4. The van der Waals surface area contributed by atoms with E-state index in [1.807, 2.05) is 24.4 Å². The third-order valence-electron chi connectivity index (χ3n) is 3.03. The lowest BCUT2D eigenvalue weighted by atomic mass is 9.97.